The smallest absolute Gasteiger partial charge is 0.264 e. The lowest BCUT2D eigenvalue weighted by molar-refractivity contribution is 0.102. The number of carbonyl (C=O) groups is 1. The van der Waals surface area contributed by atoms with Crippen LogP contribution in [-0.2, 0) is 6.61 Å². The van der Waals surface area contributed by atoms with E-state index in [1.165, 1.54) is 12.1 Å². The van der Waals surface area contributed by atoms with Gasteiger partial charge in [-0.05, 0) is 48.5 Å². The first-order chi connectivity index (χ1) is 14.2. The molecule has 0 unspecified atom stereocenters. The van der Waals surface area contributed by atoms with Crippen LogP contribution in [0.25, 0.3) is 11.4 Å². The average Bonchev–Trinajstić information content (AvgIpc) is 3.23. The summed E-state index contributed by atoms with van der Waals surface area (Å²) in [4.78, 5) is 16.8. The number of hydrogen-bond acceptors (Lipinski definition) is 5. The first-order valence-corrected chi connectivity index (χ1v) is 8.86. The Morgan fingerprint density at radius 2 is 1.69 bits per heavy atom. The topological polar surface area (TPSA) is 77.2 Å². The summed E-state index contributed by atoms with van der Waals surface area (Å²) in [7, 11) is 0. The van der Waals surface area contributed by atoms with Crippen LogP contribution in [0.1, 0.15) is 16.2 Å². The van der Waals surface area contributed by atoms with Crippen molar-refractivity contribution in [3.05, 3.63) is 96.1 Å². The van der Waals surface area contributed by atoms with Crippen LogP contribution >= 0.6 is 0 Å². The van der Waals surface area contributed by atoms with Crippen molar-refractivity contribution in [2.45, 2.75) is 6.61 Å². The summed E-state index contributed by atoms with van der Waals surface area (Å²) < 4.78 is 24.0. The van der Waals surface area contributed by atoms with Crippen molar-refractivity contribution in [2.24, 2.45) is 0 Å². The van der Waals surface area contributed by atoms with Gasteiger partial charge in [0.25, 0.3) is 11.8 Å². The van der Waals surface area contributed by atoms with E-state index in [2.05, 4.69) is 15.5 Å². The van der Waals surface area contributed by atoms with Gasteiger partial charge >= 0.3 is 0 Å². The molecule has 0 aliphatic rings. The van der Waals surface area contributed by atoms with E-state index in [0.717, 1.165) is 0 Å². The second-order valence-corrected chi connectivity index (χ2v) is 6.12. The monoisotopic (exact) mass is 389 g/mol. The SMILES string of the molecule is O=C(Nc1ccccc1)c1ccccc1OCc1nc(-c2ccc(F)cc2)no1. The molecule has 1 heterocycles. The Hall–Kier alpha value is -4.00. The van der Waals surface area contributed by atoms with Crippen LogP contribution in [0, 0.1) is 5.82 Å². The molecule has 29 heavy (non-hydrogen) atoms. The first-order valence-electron chi connectivity index (χ1n) is 8.86. The third-order valence-corrected chi connectivity index (χ3v) is 4.08. The lowest BCUT2D eigenvalue weighted by atomic mass is 10.2. The van der Waals surface area contributed by atoms with Crippen molar-refractivity contribution >= 4 is 11.6 Å². The van der Waals surface area contributed by atoms with Crippen LogP contribution < -0.4 is 10.1 Å². The lowest BCUT2D eigenvalue weighted by Crippen LogP contribution is -2.13. The highest BCUT2D eigenvalue weighted by Crippen LogP contribution is 2.22. The number of hydrogen-bond donors (Lipinski definition) is 1. The minimum Gasteiger partial charge on any atom is -0.483 e. The summed E-state index contributed by atoms with van der Waals surface area (Å²) in [6.07, 6.45) is 0. The Balaban J connectivity index is 1.45. The van der Waals surface area contributed by atoms with Crippen LogP contribution in [-0.4, -0.2) is 16.0 Å². The third kappa shape index (κ3) is 4.47. The van der Waals surface area contributed by atoms with Crippen molar-refractivity contribution in [1.29, 1.82) is 0 Å². The maximum Gasteiger partial charge on any atom is 0.264 e. The second-order valence-electron chi connectivity index (χ2n) is 6.12. The minimum atomic E-state index is -0.341. The van der Waals surface area contributed by atoms with Crippen molar-refractivity contribution in [1.82, 2.24) is 10.1 Å². The van der Waals surface area contributed by atoms with Gasteiger partial charge in [0.15, 0.2) is 6.61 Å². The molecule has 0 spiro atoms. The molecule has 0 saturated carbocycles. The molecule has 3 aromatic carbocycles. The Labute approximate surface area is 166 Å². The number of para-hydroxylation sites is 2. The van der Waals surface area contributed by atoms with Crippen LogP contribution in [0.4, 0.5) is 10.1 Å². The van der Waals surface area contributed by atoms with Crippen molar-refractivity contribution in [3.63, 3.8) is 0 Å². The van der Waals surface area contributed by atoms with Crippen molar-refractivity contribution < 1.29 is 18.4 Å². The number of halogens is 1. The predicted molar refractivity (Wildman–Crippen MR) is 105 cm³/mol. The molecule has 144 valence electrons. The van der Waals surface area contributed by atoms with Gasteiger partial charge in [-0.1, -0.05) is 35.5 Å². The predicted octanol–water partition coefficient (Wildman–Crippen LogP) is 4.71. The molecule has 6 nitrogen and oxygen atoms in total. The molecule has 0 aliphatic carbocycles. The normalized spacial score (nSPS) is 10.5. The Morgan fingerprint density at radius 3 is 2.48 bits per heavy atom. The number of carbonyl (C=O) groups excluding carboxylic acids is 1. The number of nitrogens with zero attached hydrogens (tertiary/aromatic N) is 2. The van der Waals surface area contributed by atoms with Crippen LogP contribution in [0.15, 0.2) is 83.4 Å². The zero-order valence-corrected chi connectivity index (χ0v) is 15.2. The number of anilines is 1. The number of ether oxygens (including phenoxy) is 1. The quantitative estimate of drug-likeness (QED) is 0.517. The summed E-state index contributed by atoms with van der Waals surface area (Å²) in [6, 6.07) is 21.8. The zero-order chi connectivity index (χ0) is 20.1. The molecule has 1 N–H and O–H groups in total. The van der Waals surface area contributed by atoms with E-state index in [1.54, 1.807) is 48.5 Å². The maximum atomic E-state index is 13.0. The van der Waals surface area contributed by atoms with Gasteiger partial charge in [-0.3, -0.25) is 4.79 Å². The molecule has 0 radical (unpaired) electrons. The molecule has 0 bridgehead atoms. The molecule has 0 fully saturated rings. The van der Waals surface area contributed by atoms with Crippen LogP contribution in [0.5, 0.6) is 5.75 Å². The highest BCUT2D eigenvalue weighted by Gasteiger charge is 2.14. The molecule has 0 saturated heterocycles. The van der Waals surface area contributed by atoms with E-state index < -0.39 is 0 Å². The van der Waals surface area contributed by atoms with E-state index in [0.29, 0.717) is 28.4 Å². The van der Waals surface area contributed by atoms with E-state index in [9.17, 15) is 9.18 Å². The summed E-state index contributed by atoms with van der Waals surface area (Å²) in [5.74, 6) is 0.333. The largest absolute Gasteiger partial charge is 0.483 e. The van der Waals surface area contributed by atoms with E-state index in [4.69, 9.17) is 9.26 Å². The Morgan fingerprint density at radius 1 is 0.966 bits per heavy atom. The summed E-state index contributed by atoms with van der Waals surface area (Å²) in [6.45, 7) is -0.0101. The zero-order valence-electron chi connectivity index (χ0n) is 15.2. The van der Waals surface area contributed by atoms with Crippen molar-refractivity contribution in [2.75, 3.05) is 5.32 Å². The van der Waals surface area contributed by atoms with Crippen LogP contribution in [0.2, 0.25) is 0 Å². The molecule has 0 aliphatic heterocycles. The molecular formula is C22H16FN3O3. The Bertz CT molecular complexity index is 1110. The summed E-state index contributed by atoms with van der Waals surface area (Å²) >= 11 is 0. The fourth-order valence-electron chi connectivity index (χ4n) is 2.67. The number of benzene rings is 3. The number of amides is 1. The first kappa shape index (κ1) is 18.4. The highest BCUT2D eigenvalue weighted by molar-refractivity contribution is 6.06. The van der Waals surface area contributed by atoms with E-state index in [-0.39, 0.29) is 24.2 Å². The van der Waals surface area contributed by atoms with Gasteiger partial charge in [0, 0.05) is 11.3 Å². The standard InChI is InChI=1S/C22H16FN3O3/c23-16-12-10-15(11-13-16)21-25-20(29-26-21)14-28-19-9-5-4-8-18(19)22(27)24-17-6-2-1-3-7-17/h1-13H,14H2,(H,24,27). The molecular weight excluding hydrogens is 373 g/mol. The van der Waals surface area contributed by atoms with E-state index in [1.807, 2.05) is 18.2 Å². The highest BCUT2D eigenvalue weighted by atomic mass is 19.1. The number of aromatic nitrogens is 2. The Kier molecular flexibility index (Phi) is 5.29. The second kappa shape index (κ2) is 8.35. The van der Waals surface area contributed by atoms with Crippen molar-refractivity contribution in [3.8, 4) is 17.1 Å². The van der Waals surface area contributed by atoms with Crippen LogP contribution in [0.3, 0.4) is 0 Å². The molecule has 7 heteroatoms. The van der Waals surface area contributed by atoms with Gasteiger partial charge in [-0.2, -0.15) is 4.98 Å². The molecule has 1 aromatic heterocycles. The van der Waals surface area contributed by atoms with Gasteiger partial charge in [0.05, 0.1) is 5.56 Å². The molecule has 1 amide bonds. The maximum absolute atomic E-state index is 13.0. The van der Waals surface area contributed by atoms with Gasteiger partial charge in [0.2, 0.25) is 5.82 Å². The summed E-state index contributed by atoms with van der Waals surface area (Å²) in [5.41, 5.74) is 1.70. The van der Waals surface area contributed by atoms with E-state index >= 15 is 0 Å². The number of nitrogens with one attached hydrogen (secondary N) is 1. The lowest BCUT2D eigenvalue weighted by Gasteiger charge is -2.10. The molecule has 4 aromatic rings. The molecule has 4 rings (SSSR count). The van der Waals surface area contributed by atoms with Gasteiger partial charge in [0.1, 0.15) is 11.6 Å². The molecule has 0 atom stereocenters. The number of rotatable bonds is 6. The fraction of sp³-hybridized carbons (Fsp3) is 0.0455. The van der Waals surface area contributed by atoms with Gasteiger partial charge in [-0.25, -0.2) is 4.39 Å². The van der Waals surface area contributed by atoms with Gasteiger partial charge in [-0.15, -0.1) is 0 Å². The fourth-order valence-corrected chi connectivity index (χ4v) is 2.67. The summed E-state index contributed by atoms with van der Waals surface area (Å²) in [5, 5.41) is 6.70. The third-order valence-electron chi connectivity index (χ3n) is 4.08. The average molecular weight is 389 g/mol. The van der Waals surface area contributed by atoms with Gasteiger partial charge < -0.3 is 14.6 Å². The minimum absolute atomic E-state index is 0.0101.